The third-order valence-corrected chi connectivity index (χ3v) is 1.77. The predicted octanol–water partition coefficient (Wildman–Crippen LogP) is 2.18. The molecule has 0 saturated heterocycles. The van der Waals surface area contributed by atoms with Crippen LogP contribution in [-0.4, -0.2) is 13.1 Å². The lowest BCUT2D eigenvalue weighted by molar-refractivity contribution is 0.0601. The van der Waals surface area contributed by atoms with Crippen LogP contribution in [0.15, 0.2) is 48.5 Å². The Balaban J connectivity index is 3.24. The van der Waals surface area contributed by atoms with Crippen molar-refractivity contribution in [1.29, 1.82) is 0 Å². The highest BCUT2D eigenvalue weighted by Crippen LogP contribution is 2.01. The summed E-state index contributed by atoms with van der Waals surface area (Å²) in [5, 5.41) is 0. The van der Waals surface area contributed by atoms with Gasteiger partial charge in [-0.25, -0.2) is 4.79 Å². The van der Waals surface area contributed by atoms with E-state index in [0.29, 0.717) is 11.3 Å². The highest BCUT2D eigenvalue weighted by molar-refractivity contribution is 5.89. The molecule has 0 aliphatic carbocycles. The third-order valence-electron chi connectivity index (χ3n) is 1.77. The van der Waals surface area contributed by atoms with Crippen molar-refractivity contribution in [3.63, 3.8) is 0 Å². The summed E-state index contributed by atoms with van der Waals surface area (Å²) in [5.74, 6) is -0.381. The SMILES string of the molecule is COC(=O)c1ccccccc(N)cc1. The lowest BCUT2D eigenvalue weighted by Crippen LogP contribution is -1.99. The molecule has 0 bridgehead atoms. The van der Waals surface area contributed by atoms with Crippen molar-refractivity contribution in [3.05, 3.63) is 54.1 Å². The summed E-state index contributed by atoms with van der Waals surface area (Å²) in [6.45, 7) is 0. The molecular formula is C12H13NO2. The van der Waals surface area contributed by atoms with E-state index in [1.807, 2.05) is 18.2 Å². The van der Waals surface area contributed by atoms with E-state index in [9.17, 15) is 4.79 Å². The van der Waals surface area contributed by atoms with Gasteiger partial charge in [-0.15, -0.1) is 0 Å². The summed E-state index contributed by atoms with van der Waals surface area (Å²) in [6, 6.07) is 13.9. The second-order valence-corrected chi connectivity index (χ2v) is 2.88. The summed E-state index contributed by atoms with van der Waals surface area (Å²) in [4.78, 5) is 11.3. The van der Waals surface area contributed by atoms with Crippen LogP contribution < -0.4 is 5.73 Å². The summed E-state index contributed by atoms with van der Waals surface area (Å²) in [5.41, 5.74) is 6.69. The van der Waals surface area contributed by atoms with Crippen LogP contribution in [0.4, 0.5) is 5.69 Å². The minimum absolute atomic E-state index is 0.381. The van der Waals surface area contributed by atoms with Crippen LogP contribution in [-0.2, 0) is 4.74 Å². The van der Waals surface area contributed by atoms with Gasteiger partial charge in [0.1, 0.15) is 0 Å². The van der Waals surface area contributed by atoms with Gasteiger partial charge >= 0.3 is 5.97 Å². The molecule has 0 aromatic heterocycles. The van der Waals surface area contributed by atoms with Crippen LogP contribution in [0.25, 0.3) is 0 Å². The molecule has 0 radical (unpaired) electrons. The molecule has 1 aromatic carbocycles. The van der Waals surface area contributed by atoms with E-state index in [1.54, 1.807) is 30.3 Å². The minimum Gasteiger partial charge on any atom is -0.465 e. The maximum absolute atomic E-state index is 11.3. The lowest BCUT2D eigenvalue weighted by Gasteiger charge is -1.95. The van der Waals surface area contributed by atoms with Crippen LogP contribution in [0, 0.1) is 0 Å². The first-order chi connectivity index (χ1) is 7.24. The fourth-order valence-corrected chi connectivity index (χ4v) is 1.01. The zero-order chi connectivity index (χ0) is 11.1. The predicted molar refractivity (Wildman–Crippen MR) is 59.8 cm³/mol. The van der Waals surface area contributed by atoms with Gasteiger partial charge < -0.3 is 10.5 Å². The lowest BCUT2D eigenvalue weighted by atomic mass is 10.2. The van der Waals surface area contributed by atoms with Gasteiger partial charge in [0.25, 0.3) is 0 Å². The molecule has 0 aliphatic rings. The molecule has 15 heavy (non-hydrogen) atoms. The Kier molecular flexibility index (Phi) is 4.16. The number of carbonyl (C=O) groups is 1. The second kappa shape index (κ2) is 5.65. The molecule has 0 atom stereocenters. The standard InChI is InChI=1S/C12H13NO2/c1-15-12(14)10-6-4-2-3-5-7-11(13)9-8-10/h2-9H,13H2,1H3. The number of esters is 1. The first-order valence-electron chi connectivity index (χ1n) is 4.51. The molecule has 0 fully saturated rings. The van der Waals surface area contributed by atoms with Gasteiger partial charge in [0.15, 0.2) is 0 Å². The first kappa shape index (κ1) is 11.0. The molecule has 3 heteroatoms. The Morgan fingerprint density at radius 1 is 1.07 bits per heavy atom. The smallest absolute Gasteiger partial charge is 0.337 e. The summed E-state index contributed by atoms with van der Waals surface area (Å²) in [6.07, 6.45) is 0. The van der Waals surface area contributed by atoms with E-state index in [4.69, 9.17) is 5.73 Å². The van der Waals surface area contributed by atoms with Crippen LogP contribution in [0.5, 0.6) is 0 Å². The normalized spacial score (nSPS) is 8.87. The summed E-state index contributed by atoms with van der Waals surface area (Å²) < 4.78 is 4.62. The van der Waals surface area contributed by atoms with Gasteiger partial charge in [-0.3, -0.25) is 0 Å². The molecule has 0 saturated carbocycles. The number of hydrogen-bond donors (Lipinski definition) is 1. The van der Waals surface area contributed by atoms with Crippen molar-refractivity contribution in [1.82, 2.24) is 0 Å². The zero-order valence-corrected chi connectivity index (χ0v) is 8.51. The molecule has 0 aliphatic heterocycles. The fraction of sp³-hybridized carbons (Fsp3) is 0.0833. The Labute approximate surface area is 88.8 Å². The maximum atomic E-state index is 11.3. The average molecular weight is 203 g/mol. The molecular weight excluding hydrogens is 190 g/mol. The fourth-order valence-electron chi connectivity index (χ4n) is 1.01. The number of carbonyl (C=O) groups excluding carboxylic acids is 1. The molecule has 0 unspecified atom stereocenters. The highest BCUT2D eigenvalue weighted by atomic mass is 16.5. The quantitative estimate of drug-likeness (QED) is 0.712. The molecule has 3 nitrogen and oxygen atoms in total. The molecule has 0 amide bonds. The van der Waals surface area contributed by atoms with Gasteiger partial charge in [0.05, 0.1) is 12.7 Å². The van der Waals surface area contributed by atoms with Crippen molar-refractivity contribution in [2.75, 3.05) is 12.8 Å². The Bertz CT molecular complexity index is 401. The van der Waals surface area contributed by atoms with E-state index >= 15 is 0 Å². The Morgan fingerprint density at radius 3 is 2.40 bits per heavy atom. The van der Waals surface area contributed by atoms with Crippen LogP contribution in [0.2, 0.25) is 0 Å². The number of methoxy groups -OCH3 is 1. The monoisotopic (exact) mass is 203 g/mol. The molecule has 1 rings (SSSR count). The third kappa shape index (κ3) is 3.68. The molecule has 78 valence electrons. The van der Waals surface area contributed by atoms with Gasteiger partial charge in [0.2, 0.25) is 0 Å². The molecule has 1 aromatic rings. The van der Waals surface area contributed by atoms with E-state index < -0.39 is 0 Å². The largest absolute Gasteiger partial charge is 0.465 e. The number of anilines is 1. The maximum Gasteiger partial charge on any atom is 0.337 e. The first-order valence-corrected chi connectivity index (χ1v) is 4.51. The Hall–Kier alpha value is -2.03. The topological polar surface area (TPSA) is 52.3 Å². The van der Waals surface area contributed by atoms with Crippen molar-refractivity contribution >= 4 is 11.7 Å². The average Bonchev–Trinajstić information content (AvgIpc) is 2.26. The Morgan fingerprint density at radius 2 is 1.73 bits per heavy atom. The van der Waals surface area contributed by atoms with Crippen molar-refractivity contribution in [2.24, 2.45) is 0 Å². The van der Waals surface area contributed by atoms with Gasteiger partial charge in [0, 0.05) is 5.69 Å². The molecule has 2 N–H and O–H groups in total. The summed E-state index contributed by atoms with van der Waals surface area (Å²) >= 11 is 0. The van der Waals surface area contributed by atoms with E-state index in [1.165, 1.54) is 7.11 Å². The number of nitrogen functional groups attached to an aromatic ring is 1. The number of hydrogen-bond acceptors (Lipinski definition) is 3. The van der Waals surface area contributed by atoms with E-state index in [0.717, 1.165) is 0 Å². The van der Waals surface area contributed by atoms with Crippen LogP contribution in [0.3, 0.4) is 0 Å². The second-order valence-electron chi connectivity index (χ2n) is 2.88. The van der Waals surface area contributed by atoms with Gasteiger partial charge in [-0.2, -0.15) is 0 Å². The molecule has 0 heterocycles. The van der Waals surface area contributed by atoms with Gasteiger partial charge in [-0.1, -0.05) is 24.3 Å². The van der Waals surface area contributed by atoms with Crippen LogP contribution in [0.1, 0.15) is 10.4 Å². The van der Waals surface area contributed by atoms with Crippen LogP contribution >= 0.6 is 0 Å². The van der Waals surface area contributed by atoms with Crippen molar-refractivity contribution in [2.45, 2.75) is 0 Å². The number of rotatable bonds is 1. The number of ether oxygens (including phenoxy) is 1. The van der Waals surface area contributed by atoms with Crippen molar-refractivity contribution in [3.8, 4) is 0 Å². The summed E-state index contributed by atoms with van der Waals surface area (Å²) in [7, 11) is 1.35. The minimum atomic E-state index is -0.381. The zero-order valence-electron chi connectivity index (χ0n) is 8.51. The van der Waals surface area contributed by atoms with E-state index in [-0.39, 0.29) is 5.97 Å². The number of nitrogens with two attached hydrogens (primary N) is 1. The van der Waals surface area contributed by atoms with Crippen molar-refractivity contribution < 1.29 is 9.53 Å². The van der Waals surface area contributed by atoms with Gasteiger partial charge in [-0.05, 0) is 24.3 Å². The van der Waals surface area contributed by atoms with E-state index in [2.05, 4.69) is 4.74 Å². The highest BCUT2D eigenvalue weighted by Gasteiger charge is 2.00. The molecule has 0 spiro atoms.